The van der Waals surface area contributed by atoms with Gasteiger partial charge in [-0.1, -0.05) is 0 Å². The Hall–Kier alpha value is -1.80. The van der Waals surface area contributed by atoms with Crippen LogP contribution in [0.2, 0.25) is 0 Å². The molecule has 0 aromatic rings. The van der Waals surface area contributed by atoms with Gasteiger partial charge in [0.15, 0.2) is 0 Å². The van der Waals surface area contributed by atoms with Gasteiger partial charge >= 0.3 is 12.1 Å². The Kier molecular flexibility index (Phi) is 8.51. The number of rotatable bonds is 9. The Balaban J connectivity index is 4.26. The molecule has 2 N–H and O–H groups in total. The number of carbonyl (C=O) groups excluding carboxylic acids is 2. The molecule has 2 amide bonds. The molecule has 6 nitrogen and oxygen atoms in total. The van der Waals surface area contributed by atoms with E-state index < -0.39 is 30.5 Å². The lowest BCUT2D eigenvalue weighted by Crippen LogP contribution is -2.43. The third-order valence-corrected chi connectivity index (χ3v) is 2.98. The van der Waals surface area contributed by atoms with Crippen LogP contribution in [0.25, 0.3) is 0 Å². The van der Waals surface area contributed by atoms with E-state index in [1.165, 1.54) is 0 Å². The first-order valence-corrected chi connectivity index (χ1v) is 6.97. The largest absolute Gasteiger partial charge is 0.480 e. The number of carbonyl (C=O) groups is 3. The van der Waals surface area contributed by atoms with Crippen molar-refractivity contribution in [3.05, 3.63) is 0 Å². The first kappa shape index (κ1) is 20.2. The molecule has 128 valence electrons. The average molecular weight is 326 g/mol. The lowest BCUT2D eigenvalue weighted by atomic mass is 10.1. The zero-order chi connectivity index (χ0) is 17.3. The lowest BCUT2D eigenvalue weighted by Gasteiger charge is -2.19. The number of halogens is 3. The predicted molar refractivity (Wildman–Crippen MR) is 72.0 cm³/mol. The van der Waals surface area contributed by atoms with E-state index in [0.717, 1.165) is 0 Å². The zero-order valence-corrected chi connectivity index (χ0v) is 12.6. The predicted octanol–water partition coefficient (Wildman–Crippen LogP) is 1.55. The highest BCUT2D eigenvalue weighted by Crippen LogP contribution is 2.21. The van der Waals surface area contributed by atoms with Crippen LogP contribution in [0, 0.1) is 0 Å². The summed E-state index contributed by atoms with van der Waals surface area (Å²) in [5, 5.41) is 10.5. The van der Waals surface area contributed by atoms with Crippen LogP contribution in [-0.2, 0) is 14.4 Å². The van der Waals surface area contributed by atoms with Crippen molar-refractivity contribution in [1.82, 2.24) is 10.2 Å². The van der Waals surface area contributed by atoms with Crippen LogP contribution in [0.5, 0.6) is 0 Å². The van der Waals surface area contributed by atoms with Crippen LogP contribution in [0.15, 0.2) is 0 Å². The summed E-state index contributed by atoms with van der Waals surface area (Å²) >= 11 is 0. The van der Waals surface area contributed by atoms with Gasteiger partial charge in [-0.2, -0.15) is 13.2 Å². The first-order chi connectivity index (χ1) is 10.1. The molecule has 0 aromatic carbocycles. The molecule has 0 saturated carbocycles. The fourth-order valence-electron chi connectivity index (χ4n) is 1.83. The number of hydrogen-bond donors (Lipinski definition) is 2. The van der Waals surface area contributed by atoms with Crippen molar-refractivity contribution in [2.24, 2.45) is 0 Å². The summed E-state index contributed by atoms with van der Waals surface area (Å²) in [6, 6.07) is -2.01. The molecule has 0 spiro atoms. The standard InChI is InChI=1S/C13H21F3N2O4/c1-3-18(4-2)11(20)7-5-6-10(19)17-9(12(21)22)8-13(14,15)16/h9H,3-8H2,1-2H3,(H,17,19)(H,21,22). The monoisotopic (exact) mass is 326 g/mol. The molecule has 0 heterocycles. The zero-order valence-electron chi connectivity index (χ0n) is 12.6. The molecule has 0 aromatic heterocycles. The first-order valence-electron chi connectivity index (χ1n) is 6.97. The number of alkyl halides is 3. The Bertz CT molecular complexity index is 395. The molecule has 22 heavy (non-hydrogen) atoms. The molecular formula is C13H21F3N2O4. The molecule has 0 aliphatic carbocycles. The van der Waals surface area contributed by atoms with Gasteiger partial charge in [0.1, 0.15) is 6.04 Å². The number of carboxylic acid groups (broad SMARTS) is 1. The quantitative estimate of drug-likeness (QED) is 0.673. The Morgan fingerprint density at radius 1 is 1.14 bits per heavy atom. The Labute approximate surface area is 126 Å². The van der Waals surface area contributed by atoms with Gasteiger partial charge in [0.2, 0.25) is 11.8 Å². The Morgan fingerprint density at radius 3 is 2.09 bits per heavy atom. The lowest BCUT2D eigenvalue weighted by molar-refractivity contribution is -0.160. The van der Waals surface area contributed by atoms with Gasteiger partial charge in [-0.25, -0.2) is 4.79 Å². The van der Waals surface area contributed by atoms with E-state index >= 15 is 0 Å². The van der Waals surface area contributed by atoms with E-state index in [0.29, 0.717) is 13.1 Å². The van der Waals surface area contributed by atoms with Crippen LogP contribution >= 0.6 is 0 Å². The number of carboxylic acids is 1. The van der Waals surface area contributed by atoms with Crippen molar-refractivity contribution in [2.75, 3.05) is 13.1 Å². The van der Waals surface area contributed by atoms with Crippen LogP contribution < -0.4 is 5.32 Å². The fraction of sp³-hybridized carbons (Fsp3) is 0.769. The fourth-order valence-corrected chi connectivity index (χ4v) is 1.83. The molecule has 1 unspecified atom stereocenters. The topological polar surface area (TPSA) is 86.7 Å². The SMILES string of the molecule is CCN(CC)C(=O)CCCC(=O)NC(CC(F)(F)F)C(=O)O. The van der Waals surface area contributed by atoms with Crippen LogP contribution in [-0.4, -0.2) is 53.1 Å². The highest BCUT2D eigenvalue weighted by molar-refractivity contribution is 5.84. The van der Waals surface area contributed by atoms with Crippen LogP contribution in [0.3, 0.4) is 0 Å². The third-order valence-electron chi connectivity index (χ3n) is 2.98. The van der Waals surface area contributed by atoms with Gasteiger partial charge in [0.05, 0.1) is 6.42 Å². The minimum Gasteiger partial charge on any atom is -0.480 e. The van der Waals surface area contributed by atoms with E-state index in [1.807, 2.05) is 19.2 Å². The van der Waals surface area contributed by atoms with Crippen molar-refractivity contribution in [1.29, 1.82) is 0 Å². The minimum absolute atomic E-state index is 0.0894. The van der Waals surface area contributed by atoms with E-state index in [2.05, 4.69) is 0 Å². The molecule has 0 saturated heterocycles. The number of nitrogens with zero attached hydrogens (tertiary/aromatic N) is 1. The van der Waals surface area contributed by atoms with Gasteiger partial charge in [0.25, 0.3) is 0 Å². The van der Waals surface area contributed by atoms with E-state index in [4.69, 9.17) is 5.11 Å². The van der Waals surface area contributed by atoms with Gasteiger partial charge < -0.3 is 15.3 Å². The Morgan fingerprint density at radius 2 is 1.68 bits per heavy atom. The molecular weight excluding hydrogens is 305 g/mol. The molecule has 0 radical (unpaired) electrons. The van der Waals surface area contributed by atoms with Crippen molar-refractivity contribution in [2.45, 2.75) is 51.7 Å². The molecule has 1 atom stereocenters. The summed E-state index contributed by atoms with van der Waals surface area (Å²) in [6.45, 7) is 4.69. The summed E-state index contributed by atoms with van der Waals surface area (Å²) in [7, 11) is 0. The number of amides is 2. The second-order valence-electron chi connectivity index (χ2n) is 4.70. The highest BCUT2D eigenvalue weighted by atomic mass is 19.4. The van der Waals surface area contributed by atoms with Crippen molar-refractivity contribution in [3.8, 4) is 0 Å². The maximum absolute atomic E-state index is 12.2. The highest BCUT2D eigenvalue weighted by Gasteiger charge is 2.36. The second kappa shape index (κ2) is 9.26. The van der Waals surface area contributed by atoms with Crippen LogP contribution in [0.1, 0.15) is 39.5 Å². The number of nitrogens with one attached hydrogen (secondary N) is 1. The average Bonchev–Trinajstić information content (AvgIpc) is 2.37. The molecule has 0 bridgehead atoms. The van der Waals surface area contributed by atoms with Gasteiger partial charge in [-0.3, -0.25) is 9.59 Å². The maximum Gasteiger partial charge on any atom is 0.391 e. The maximum atomic E-state index is 12.2. The van der Waals surface area contributed by atoms with E-state index in [9.17, 15) is 27.6 Å². The number of hydrogen-bond acceptors (Lipinski definition) is 3. The number of aliphatic carboxylic acids is 1. The normalized spacial score (nSPS) is 12.6. The van der Waals surface area contributed by atoms with Crippen molar-refractivity contribution < 1.29 is 32.7 Å². The van der Waals surface area contributed by atoms with Crippen molar-refractivity contribution in [3.63, 3.8) is 0 Å². The summed E-state index contributed by atoms with van der Waals surface area (Å²) in [5.74, 6) is -2.71. The third kappa shape index (κ3) is 8.48. The molecule has 0 rings (SSSR count). The summed E-state index contributed by atoms with van der Waals surface area (Å²) in [6.07, 6.45) is -6.28. The van der Waals surface area contributed by atoms with Gasteiger partial charge in [-0.05, 0) is 20.3 Å². The van der Waals surface area contributed by atoms with E-state index in [-0.39, 0.29) is 25.2 Å². The smallest absolute Gasteiger partial charge is 0.391 e. The second-order valence-corrected chi connectivity index (χ2v) is 4.70. The molecule has 0 fully saturated rings. The van der Waals surface area contributed by atoms with E-state index in [1.54, 1.807) is 4.90 Å². The minimum atomic E-state index is -4.69. The van der Waals surface area contributed by atoms with Crippen molar-refractivity contribution >= 4 is 17.8 Å². The summed E-state index contributed by atoms with van der Waals surface area (Å²) < 4.78 is 36.5. The molecule has 0 aliphatic rings. The van der Waals surface area contributed by atoms with Crippen LogP contribution in [0.4, 0.5) is 13.2 Å². The summed E-state index contributed by atoms with van der Waals surface area (Å²) in [5.41, 5.74) is 0. The van der Waals surface area contributed by atoms with Gasteiger partial charge in [0, 0.05) is 25.9 Å². The van der Waals surface area contributed by atoms with Gasteiger partial charge in [-0.15, -0.1) is 0 Å². The molecule has 9 heteroatoms. The summed E-state index contributed by atoms with van der Waals surface area (Å²) in [4.78, 5) is 35.4. The molecule has 0 aliphatic heterocycles.